The molecule has 76 valence electrons. The molecule has 0 aliphatic rings. The van der Waals surface area contributed by atoms with Gasteiger partial charge in [0.15, 0.2) is 5.76 Å². The molecular weight excluding hydrogens is 206 g/mol. The first-order chi connectivity index (χ1) is 7.18. The van der Waals surface area contributed by atoms with Gasteiger partial charge in [-0.2, -0.15) is 0 Å². The molecule has 1 aromatic heterocycles. The number of nitrogens with one attached hydrogen (secondary N) is 1. The largest absolute Gasteiger partial charge is 0.429 e. The monoisotopic (exact) mass is 217 g/mol. The smallest absolute Gasteiger partial charge is 0.266 e. The summed E-state index contributed by atoms with van der Waals surface area (Å²) in [7, 11) is 0. The Morgan fingerprint density at radius 2 is 2.00 bits per heavy atom. The number of aromatic nitrogens is 1. The molecule has 0 fully saturated rings. The van der Waals surface area contributed by atoms with Gasteiger partial charge in [-0.1, -0.05) is 36.9 Å². The Kier molecular flexibility index (Phi) is 2.56. The van der Waals surface area contributed by atoms with Crippen LogP contribution in [-0.4, -0.2) is 4.98 Å². The van der Waals surface area contributed by atoms with Crippen molar-refractivity contribution in [1.82, 2.24) is 4.98 Å². The van der Waals surface area contributed by atoms with Crippen LogP contribution in [0.5, 0.6) is 0 Å². The number of aromatic amines is 1. The van der Waals surface area contributed by atoms with Gasteiger partial charge in [-0.3, -0.25) is 0 Å². The van der Waals surface area contributed by atoms with Gasteiger partial charge in [-0.05, 0) is 24.7 Å². The number of oxazole rings is 1. The maximum Gasteiger partial charge on any atom is 0.266 e. The topological polar surface area (TPSA) is 28.9 Å². The second-order valence-electron chi connectivity index (χ2n) is 3.36. The molecule has 2 aromatic rings. The van der Waals surface area contributed by atoms with Crippen molar-refractivity contribution in [2.75, 3.05) is 0 Å². The Morgan fingerprint density at radius 3 is 2.60 bits per heavy atom. The highest BCUT2D eigenvalue weighted by atomic mass is 32.1. The molecule has 0 aliphatic heterocycles. The van der Waals surface area contributed by atoms with Crippen LogP contribution in [-0.2, 0) is 0 Å². The van der Waals surface area contributed by atoms with Crippen LogP contribution < -0.4 is 0 Å². The van der Waals surface area contributed by atoms with Crippen LogP contribution in [0.4, 0.5) is 0 Å². The highest BCUT2D eigenvalue weighted by molar-refractivity contribution is 7.71. The van der Waals surface area contributed by atoms with Crippen LogP contribution in [0.2, 0.25) is 0 Å². The molecule has 3 heteroatoms. The van der Waals surface area contributed by atoms with Crippen molar-refractivity contribution in [2.24, 2.45) is 0 Å². The van der Waals surface area contributed by atoms with E-state index in [1.165, 1.54) is 0 Å². The number of allylic oxidation sites excluding steroid dienone is 1. The average Bonchev–Trinajstić information content (AvgIpc) is 2.62. The summed E-state index contributed by atoms with van der Waals surface area (Å²) in [6.07, 6.45) is 0. The predicted octanol–water partition coefficient (Wildman–Crippen LogP) is 4.04. The minimum atomic E-state index is 0.381. The molecule has 0 bridgehead atoms. The number of benzene rings is 1. The van der Waals surface area contributed by atoms with E-state index in [0.29, 0.717) is 4.84 Å². The lowest BCUT2D eigenvalue weighted by atomic mass is 10.1. The van der Waals surface area contributed by atoms with Gasteiger partial charge in [0.1, 0.15) is 0 Å². The fourth-order valence-electron chi connectivity index (χ4n) is 1.44. The summed E-state index contributed by atoms with van der Waals surface area (Å²) in [6.45, 7) is 5.76. The third-order valence-electron chi connectivity index (χ3n) is 2.10. The number of rotatable bonds is 2. The summed E-state index contributed by atoms with van der Waals surface area (Å²) >= 11 is 4.98. The Morgan fingerprint density at radius 1 is 1.33 bits per heavy atom. The Bertz CT molecular complexity index is 536. The molecular formula is C12H11NOS. The maximum atomic E-state index is 5.39. The van der Waals surface area contributed by atoms with Gasteiger partial charge in [-0.25, -0.2) is 0 Å². The van der Waals surface area contributed by atoms with E-state index in [9.17, 15) is 0 Å². The van der Waals surface area contributed by atoms with Crippen LogP contribution in [0.1, 0.15) is 12.7 Å². The second kappa shape index (κ2) is 3.87. The molecule has 0 unspecified atom stereocenters. The van der Waals surface area contributed by atoms with E-state index in [2.05, 4.69) is 11.6 Å². The zero-order chi connectivity index (χ0) is 10.8. The average molecular weight is 217 g/mol. The van der Waals surface area contributed by atoms with E-state index >= 15 is 0 Å². The standard InChI is InChI=1S/C12H11NOS/c1-8(2)11-10(13-12(15)14-11)9-6-4-3-5-7-9/h3-7H,1H2,2H3,(H,13,15). The van der Waals surface area contributed by atoms with Crippen molar-refractivity contribution in [3.8, 4) is 11.3 Å². The fourth-order valence-corrected chi connectivity index (χ4v) is 1.62. The van der Waals surface area contributed by atoms with Gasteiger partial charge in [-0.15, -0.1) is 0 Å². The lowest BCUT2D eigenvalue weighted by Gasteiger charge is -1.99. The molecule has 0 saturated heterocycles. The van der Waals surface area contributed by atoms with Crippen molar-refractivity contribution < 1.29 is 4.42 Å². The third-order valence-corrected chi connectivity index (χ3v) is 2.28. The normalized spacial score (nSPS) is 10.2. The minimum Gasteiger partial charge on any atom is -0.429 e. The summed E-state index contributed by atoms with van der Waals surface area (Å²) < 4.78 is 5.39. The number of H-pyrrole nitrogens is 1. The first-order valence-electron chi connectivity index (χ1n) is 4.63. The lowest BCUT2D eigenvalue weighted by Crippen LogP contribution is -1.82. The van der Waals surface area contributed by atoms with Gasteiger partial charge >= 0.3 is 0 Å². The van der Waals surface area contributed by atoms with E-state index in [1.54, 1.807) is 0 Å². The third kappa shape index (κ3) is 1.92. The number of hydrogen-bond donors (Lipinski definition) is 1. The molecule has 1 aromatic carbocycles. The molecule has 0 saturated carbocycles. The molecule has 1 N–H and O–H groups in total. The van der Waals surface area contributed by atoms with Crippen molar-refractivity contribution in [1.29, 1.82) is 0 Å². The Balaban J connectivity index is 2.63. The van der Waals surface area contributed by atoms with Gasteiger partial charge in [0.05, 0.1) is 5.69 Å². The zero-order valence-corrected chi connectivity index (χ0v) is 9.23. The summed E-state index contributed by atoms with van der Waals surface area (Å²) in [5.74, 6) is 0.728. The first-order valence-corrected chi connectivity index (χ1v) is 5.03. The van der Waals surface area contributed by atoms with Crippen molar-refractivity contribution >= 4 is 17.8 Å². The zero-order valence-electron chi connectivity index (χ0n) is 8.41. The van der Waals surface area contributed by atoms with Crippen LogP contribution in [0.3, 0.4) is 0 Å². The van der Waals surface area contributed by atoms with Crippen molar-refractivity contribution in [2.45, 2.75) is 6.92 Å². The predicted molar refractivity (Wildman–Crippen MR) is 64.0 cm³/mol. The SMILES string of the molecule is C=C(C)c1oc(=S)[nH]c1-c1ccccc1. The quantitative estimate of drug-likeness (QED) is 0.769. The molecule has 1 heterocycles. The molecule has 0 spiro atoms. The van der Waals surface area contributed by atoms with E-state index in [-0.39, 0.29) is 0 Å². The van der Waals surface area contributed by atoms with Crippen LogP contribution in [0, 0.1) is 4.84 Å². The van der Waals surface area contributed by atoms with E-state index < -0.39 is 0 Å². The summed E-state index contributed by atoms with van der Waals surface area (Å²) in [6, 6.07) is 9.92. The molecule has 0 radical (unpaired) electrons. The Labute approximate surface area is 93.3 Å². The van der Waals surface area contributed by atoms with Crippen LogP contribution >= 0.6 is 12.2 Å². The number of hydrogen-bond acceptors (Lipinski definition) is 2. The lowest BCUT2D eigenvalue weighted by molar-refractivity contribution is 0.528. The van der Waals surface area contributed by atoms with Crippen molar-refractivity contribution in [3.05, 3.63) is 47.5 Å². The highest BCUT2D eigenvalue weighted by Gasteiger charge is 2.10. The van der Waals surface area contributed by atoms with Gasteiger partial charge < -0.3 is 9.40 Å². The van der Waals surface area contributed by atoms with E-state index in [4.69, 9.17) is 16.6 Å². The Hall–Kier alpha value is -1.61. The van der Waals surface area contributed by atoms with E-state index in [1.807, 2.05) is 37.3 Å². The van der Waals surface area contributed by atoms with E-state index in [0.717, 1.165) is 22.6 Å². The fraction of sp³-hybridized carbons (Fsp3) is 0.0833. The van der Waals surface area contributed by atoms with Crippen LogP contribution in [0.25, 0.3) is 16.8 Å². The summed E-state index contributed by atoms with van der Waals surface area (Å²) in [4.78, 5) is 3.41. The molecule has 2 nitrogen and oxygen atoms in total. The van der Waals surface area contributed by atoms with Gasteiger partial charge in [0, 0.05) is 5.56 Å². The minimum absolute atomic E-state index is 0.381. The van der Waals surface area contributed by atoms with Crippen LogP contribution in [0.15, 0.2) is 41.3 Å². The van der Waals surface area contributed by atoms with Gasteiger partial charge in [0.2, 0.25) is 0 Å². The molecule has 15 heavy (non-hydrogen) atoms. The summed E-state index contributed by atoms with van der Waals surface area (Å²) in [5, 5.41) is 0. The van der Waals surface area contributed by atoms with Crippen molar-refractivity contribution in [3.63, 3.8) is 0 Å². The molecule has 2 rings (SSSR count). The summed E-state index contributed by atoms with van der Waals surface area (Å²) in [5.41, 5.74) is 2.81. The maximum absolute atomic E-state index is 5.39. The van der Waals surface area contributed by atoms with Gasteiger partial charge in [0.25, 0.3) is 4.84 Å². The molecule has 0 aliphatic carbocycles. The molecule has 0 amide bonds. The second-order valence-corrected chi connectivity index (χ2v) is 3.74. The molecule has 0 atom stereocenters. The highest BCUT2D eigenvalue weighted by Crippen LogP contribution is 2.26. The first kappa shape index (κ1) is 9.93.